The minimum atomic E-state index is -4.08. The van der Waals surface area contributed by atoms with Crippen molar-refractivity contribution in [2.45, 2.75) is 31.7 Å². The van der Waals surface area contributed by atoms with Gasteiger partial charge in [0.2, 0.25) is 10.0 Å². The van der Waals surface area contributed by atoms with Gasteiger partial charge in [-0.3, -0.25) is 4.79 Å². The Morgan fingerprint density at radius 2 is 1.90 bits per heavy atom. The predicted octanol–water partition coefficient (Wildman–Crippen LogP) is 1.34. The summed E-state index contributed by atoms with van der Waals surface area (Å²) >= 11 is 0. The number of nitrogens with one attached hydrogen (secondary N) is 1. The highest BCUT2D eigenvalue weighted by molar-refractivity contribution is 7.89. The van der Waals surface area contributed by atoms with Gasteiger partial charge in [-0.1, -0.05) is 32.9 Å². The Morgan fingerprint density at radius 3 is 2.35 bits per heavy atom. The van der Waals surface area contributed by atoms with Gasteiger partial charge >= 0.3 is 5.97 Å². The van der Waals surface area contributed by atoms with Crippen LogP contribution in [0.25, 0.3) is 0 Å². The third-order valence-corrected chi connectivity index (χ3v) is 4.16. The Balaban J connectivity index is 3.25. The molecule has 0 aromatic heterocycles. The molecule has 0 saturated carbocycles. The molecule has 1 atom stereocenters. The van der Waals surface area contributed by atoms with Crippen molar-refractivity contribution in [1.29, 1.82) is 5.26 Å². The number of hydrogen-bond donors (Lipinski definition) is 2. The number of sulfonamides is 1. The molecule has 1 aromatic rings. The summed E-state index contributed by atoms with van der Waals surface area (Å²) in [6, 6.07) is 6.12. The van der Waals surface area contributed by atoms with E-state index in [1.807, 2.05) is 0 Å². The van der Waals surface area contributed by atoms with Crippen LogP contribution in [0.1, 0.15) is 26.3 Å². The van der Waals surface area contributed by atoms with Gasteiger partial charge in [0.25, 0.3) is 0 Å². The van der Waals surface area contributed by atoms with Crippen LogP contribution in [0.5, 0.6) is 0 Å². The van der Waals surface area contributed by atoms with Crippen LogP contribution in [0.2, 0.25) is 0 Å². The molecule has 0 aliphatic heterocycles. The maximum Gasteiger partial charge on any atom is 0.322 e. The quantitative estimate of drug-likeness (QED) is 0.871. The molecular formula is C13H16N2O4S. The van der Waals surface area contributed by atoms with Gasteiger partial charge in [-0.15, -0.1) is 0 Å². The van der Waals surface area contributed by atoms with Gasteiger partial charge < -0.3 is 5.11 Å². The average molecular weight is 296 g/mol. The third kappa shape index (κ3) is 3.56. The van der Waals surface area contributed by atoms with Crippen LogP contribution in [-0.2, 0) is 14.8 Å². The van der Waals surface area contributed by atoms with Crippen molar-refractivity contribution >= 4 is 16.0 Å². The molecule has 20 heavy (non-hydrogen) atoms. The summed E-state index contributed by atoms with van der Waals surface area (Å²) in [6.07, 6.45) is 0. The first-order chi connectivity index (χ1) is 9.09. The number of hydrogen-bond acceptors (Lipinski definition) is 4. The number of carboxylic acids is 1. The Hall–Kier alpha value is -1.91. The van der Waals surface area contributed by atoms with Gasteiger partial charge in [-0.25, -0.2) is 8.42 Å². The third-order valence-electron chi connectivity index (χ3n) is 2.68. The lowest BCUT2D eigenvalue weighted by molar-refractivity contribution is -0.141. The second kappa shape index (κ2) is 5.61. The lowest BCUT2D eigenvalue weighted by Crippen LogP contribution is -2.49. The van der Waals surface area contributed by atoms with Crippen LogP contribution in [0.15, 0.2) is 29.2 Å². The summed E-state index contributed by atoms with van der Waals surface area (Å²) < 4.78 is 26.6. The van der Waals surface area contributed by atoms with Crippen molar-refractivity contribution in [3.8, 4) is 6.07 Å². The second-order valence-corrected chi connectivity index (χ2v) is 7.05. The monoisotopic (exact) mass is 296 g/mol. The van der Waals surface area contributed by atoms with Gasteiger partial charge in [0, 0.05) is 0 Å². The Bertz CT molecular complexity index is 654. The van der Waals surface area contributed by atoms with E-state index in [0.29, 0.717) is 0 Å². The molecule has 0 spiro atoms. The normalized spacial score (nSPS) is 13.5. The zero-order chi connectivity index (χ0) is 15.6. The molecule has 108 valence electrons. The highest BCUT2D eigenvalue weighted by Crippen LogP contribution is 2.22. The maximum atomic E-state index is 12.2. The Kier molecular flexibility index (Phi) is 4.53. The van der Waals surface area contributed by atoms with E-state index < -0.39 is 27.4 Å². The topological polar surface area (TPSA) is 107 Å². The highest BCUT2D eigenvalue weighted by atomic mass is 32.2. The molecule has 0 aliphatic rings. The second-order valence-electron chi connectivity index (χ2n) is 5.37. The van der Waals surface area contributed by atoms with E-state index >= 15 is 0 Å². The Labute approximate surface area is 118 Å². The van der Waals surface area contributed by atoms with Crippen molar-refractivity contribution in [3.05, 3.63) is 29.8 Å². The van der Waals surface area contributed by atoms with E-state index in [1.54, 1.807) is 26.8 Å². The molecule has 1 rings (SSSR count). The van der Waals surface area contributed by atoms with Crippen molar-refractivity contribution in [2.75, 3.05) is 0 Å². The summed E-state index contributed by atoms with van der Waals surface area (Å²) in [5, 5.41) is 18.1. The van der Waals surface area contributed by atoms with E-state index in [2.05, 4.69) is 4.72 Å². The van der Waals surface area contributed by atoms with Gasteiger partial charge in [0.1, 0.15) is 12.1 Å². The molecule has 0 radical (unpaired) electrons. The van der Waals surface area contributed by atoms with Crippen LogP contribution in [0, 0.1) is 16.7 Å². The molecule has 0 bridgehead atoms. The first-order valence-electron chi connectivity index (χ1n) is 5.84. The molecule has 7 heteroatoms. The molecule has 1 aromatic carbocycles. The van der Waals surface area contributed by atoms with Crippen molar-refractivity contribution in [2.24, 2.45) is 5.41 Å². The van der Waals surface area contributed by atoms with Crippen LogP contribution >= 0.6 is 0 Å². The molecule has 2 N–H and O–H groups in total. The SMILES string of the molecule is CC(C)(C)[C@@H](NS(=O)(=O)c1ccccc1C#N)C(=O)O. The number of carboxylic acid groups (broad SMARTS) is 1. The van der Waals surface area contributed by atoms with E-state index in [1.165, 1.54) is 24.3 Å². The Morgan fingerprint density at radius 1 is 1.35 bits per heavy atom. The van der Waals surface area contributed by atoms with Gasteiger partial charge in [-0.05, 0) is 17.5 Å². The minimum absolute atomic E-state index is 0.0296. The van der Waals surface area contributed by atoms with Crippen LogP contribution in [0.3, 0.4) is 0 Å². The molecule has 0 heterocycles. The maximum absolute atomic E-state index is 12.2. The van der Waals surface area contributed by atoms with E-state index in [0.717, 1.165) is 0 Å². The molecule has 0 fully saturated rings. The van der Waals surface area contributed by atoms with Crippen molar-refractivity contribution in [3.63, 3.8) is 0 Å². The average Bonchev–Trinajstić information content (AvgIpc) is 2.34. The first kappa shape index (κ1) is 16.1. The van der Waals surface area contributed by atoms with Crippen molar-refractivity contribution < 1.29 is 18.3 Å². The summed E-state index contributed by atoms with van der Waals surface area (Å²) in [6.45, 7) is 4.85. The fourth-order valence-electron chi connectivity index (χ4n) is 1.61. The smallest absolute Gasteiger partial charge is 0.322 e. The summed E-state index contributed by atoms with van der Waals surface area (Å²) in [7, 11) is -4.08. The summed E-state index contributed by atoms with van der Waals surface area (Å²) in [5.41, 5.74) is -0.835. The highest BCUT2D eigenvalue weighted by Gasteiger charge is 2.35. The lowest BCUT2D eigenvalue weighted by atomic mass is 9.88. The molecule has 0 saturated heterocycles. The number of nitriles is 1. The standard InChI is InChI=1S/C13H16N2O4S/c1-13(2,3)11(12(16)17)15-20(18,19)10-7-5-4-6-9(10)8-14/h4-7,11,15H,1-3H3,(H,16,17)/t11-/m0/s1. The fourth-order valence-corrected chi connectivity index (χ4v) is 3.16. The van der Waals surface area contributed by atoms with E-state index in [-0.39, 0.29) is 10.5 Å². The first-order valence-corrected chi connectivity index (χ1v) is 7.32. The van der Waals surface area contributed by atoms with E-state index in [9.17, 15) is 13.2 Å². The number of nitrogens with zero attached hydrogens (tertiary/aromatic N) is 1. The van der Waals surface area contributed by atoms with Gasteiger partial charge in [-0.2, -0.15) is 9.98 Å². The van der Waals surface area contributed by atoms with Crippen LogP contribution in [0.4, 0.5) is 0 Å². The van der Waals surface area contributed by atoms with Gasteiger partial charge in [0.05, 0.1) is 10.5 Å². The van der Waals surface area contributed by atoms with Crippen LogP contribution in [-0.4, -0.2) is 25.5 Å². The molecular weight excluding hydrogens is 280 g/mol. The lowest BCUT2D eigenvalue weighted by Gasteiger charge is -2.27. The zero-order valence-electron chi connectivity index (χ0n) is 11.4. The molecule has 0 aliphatic carbocycles. The number of carbonyl (C=O) groups is 1. The molecule has 6 nitrogen and oxygen atoms in total. The number of aliphatic carboxylic acids is 1. The summed E-state index contributed by atoms with van der Waals surface area (Å²) in [5.74, 6) is -1.27. The molecule has 0 amide bonds. The number of rotatable bonds is 4. The van der Waals surface area contributed by atoms with Crippen LogP contribution < -0.4 is 4.72 Å². The fraction of sp³-hybridized carbons (Fsp3) is 0.385. The largest absolute Gasteiger partial charge is 0.480 e. The predicted molar refractivity (Wildman–Crippen MR) is 72.4 cm³/mol. The number of benzene rings is 1. The van der Waals surface area contributed by atoms with E-state index in [4.69, 9.17) is 10.4 Å². The van der Waals surface area contributed by atoms with Gasteiger partial charge in [0.15, 0.2) is 0 Å². The van der Waals surface area contributed by atoms with Crippen molar-refractivity contribution in [1.82, 2.24) is 4.72 Å². The molecule has 0 unspecified atom stereocenters. The summed E-state index contributed by atoms with van der Waals surface area (Å²) in [4.78, 5) is 11.0. The zero-order valence-corrected chi connectivity index (χ0v) is 12.2. The minimum Gasteiger partial charge on any atom is -0.480 e.